The minimum Gasteiger partial charge on any atom is -0.508 e. The molecular formula is C18H25N3O3. The zero-order valence-electron chi connectivity index (χ0n) is 14.0. The molecule has 1 aromatic rings. The van der Waals surface area contributed by atoms with Gasteiger partial charge in [-0.15, -0.1) is 0 Å². The lowest BCUT2D eigenvalue weighted by Gasteiger charge is -2.37. The Balaban J connectivity index is 1.51. The molecule has 0 radical (unpaired) electrons. The zero-order chi connectivity index (χ0) is 16.9. The summed E-state index contributed by atoms with van der Waals surface area (Å²) in [4.78, 5) is 30.3. The van der Waals surface area contributed by atoms with E-state index in [0.29, 0.717) is 26.1 Å². The number of hydrogen-bond donors (Lipinski definition) is 1. The number of phenols is 1. The highest BCUT2D eigenvalue weighted by molar-refractivity contribution is 5.85. The molecule has 2 heterocycles. The first-order chi connectivity index (χ1) is 11.6. The molecule has 3 rings (SSSR count). The molecule has 1 N–H and O–H groups in total. The predicted molar refractivity (Wildman–Crippen MR) is 91.9 cm³/mol. The van der Waals surface area contributed by atoms with Gasteiger partial charge in [0.1, 0.15) is 5.75 Å². The second-order valence-corrected chi connectivity index (χ2v) is 6.51. The van der Waals surface area contributed by atoms with Gasteiger partial charge < -0.3 is 19.8 Å². The molecule has 2 fully saturated rings. The van der Waals surface area contributed by atoms with Crippen LogP contribution >= 0.6 is 0 Å². The van der Waals surface area contributed by atoms with E-state index in [1.54, 1.807) is 17.0 Å². The predicted octanol–water partition coefficient (Wildman–Crippen LogP) is 1.44. The van der Waals surface area contributed by atoms with Gasteiger partial charge in [0, 0.05) is 44.8 Å². The number of amides is 2. The highest BCUT2D eigenvalue weighted by atomic mass is 16.3. The van der Waals surface area contributed by atoms with Gasteiger partial charge in [-0.1, -0.05) is 6.42 Å². The Kier molecular flexibility index (Phi) is 5.23. The third kappa shape index (κ3) is 3.99. The Hall–Kier alpha value is -2.24. The molecule has 1 aromatic carbocycles. The average molecular weight is 331 g/mol. The van der Waals surface area contributed by atoms with Crippen molar-refractivity contribution in [1.29, 1.82) is 0 Å². The van der Waals surface area contributed by atoms with Crippen LogP contribution in [0.5, 0.6) is 5.75 Å². The number of anilines is 1. The summed E-state index contributed by atoms with van der Waals surface area (Å²) < 4.78 is 0. The summed E-state index contributed by atoms with van der Waals surface area (Å²) in [5.41, 5.74) is 1.06. The molecule has 0 bridgehead atoms. The van der Waals surface area contributed by atoms with Crippen molar-refractivity contribution >= 4 is 17.5 Å². The van der Waals surface area contributed by atoms with Crippen molar-refractivity contribution in [3.63, 3.8) is 0 Å². The fraction of sp³-hybridized carbons (Fsp3) is 0.556. The van der Waals surface area contributed by atoms with Crippen molar-refractivity contribution in [3.8, 4) is 5.75 Å². The van der Waals surface area contributed by atoms with E-state index in [1.165, 1.54) is 0 Å². The van der Waals surface area contributed by atoms with Gasteiger partial charge in [0.05, 0.1) is 6.54 Å². The van der Waals surface area contributed by atoms with E-state index < -0.39 is 0 Å². The second-order valence-electron chi connectivity index (χ2n) is 6.51. The van der Waals surface area contributed by atoms with E-state index in [0.717, 1.165) is 38.0 Å². The number of piperazine rings is 1. The van der Waals surface area contributed by atoms with E-state index in [2.05, 4.69) is 4.90 Å². The molecule has 6 heteroatoms. The van der Waals surface area contributed by atoms with Crippen LogP contribution in [0.2, 0.25) is 0 Å². The van der Waals surface area contributed by atoms with Crippen LogP contribution in [-0.2, 0) is 9.59 Å². The average Bonchev–Trinajstić information content (AvgIpc) is 2.80. The minimum atomic E-state index is 0.0515. The normalized spacial score (nSPS) is 19.3. The van der Waals surface area contributed by atoms with Crippen molar-refractivity contribution in [2.45, 2.75) is 25.7 Å². The molecule has 2 saturated heterocycles. The lowest BCUT2D eigenvalue weighted by atomic mass is 10.2. The minimum absolute atomic E-state index is 0.0515. The summed E-state index contributed by atoms with van der Waals surface area (Å²) in [6.07, 6.45) is 3.58. The summed E-state index contributed by atoms with van der Waals surface area (Å²) in [5.74, 6) is 0.425. The highest BCUT2D eigenvalue weighted by Gasteiger charge is 2.25. The maximum atomic E-state index is 12.5. The number of nitrogens with zero attached hydrogens (tertiary/aromatic N) is 3. The molecule has 2 amide bonds. The lowest BCUT2D eigenvalue weighted by molar-refractivity contribution is -0.140. The Morgan fingerprint density at radius 2 is 1.67 bits per heavy atom. The van der Waals surface area contributed by atoms with Gasteiger partial charge in [-0.3, -0.25) is 9.59 Å². The van der Waals surface area contributed by atoms with Gasteiger partial charge in [0.25, 0.3) is 0 Å². The summed E-state index contributed by atoms with van der Waals surface area (Å²) in [6.45, 7) is 3.80. The van der Waals surface area contributed by atoms with E-state index >= 15 is 0 Å². The van der Waals surface area contributed by atoms with Gasteiger partial charge in [-0.2, -0.15) is 0 Å². The van der Waals surface area contributed by atoms with Crippen LogP contribution in [0.25, 0.3) is 0 Å². The molecule has 0 unspecified atom stereocenters. The standard InChI is InChI=1S/C18H25N3O3/c22-16-7-5-15(6-8-16)19-10-12-20(13-11-19)18(24)14-21-9-3-1-2-4-17(21)23/h5-8,22H,1-4,9-14H2. The molecule has 130 valence electrons. The summed E-state index contributed by atoms with van der Waals surface area (Å²) in [5, 5.41) is 9.36. The van der Waals surface area contributed by atoms with Crippen LogP contribution in [0.1, 0.15) is 25.7 Å². The molecule has 24 heavy (non-hydrogen) atoms. The number of phenolic OH excluding ortho intramolecular Hbond substituents is 1. The van der Waals surface area contributed by atoms with E-state index in [1.807, 2.05) is 17.0 Å². The van der Waals surface area contributed by atoms with Crippen LogP contribution in [0.15, 0.2) is 24.3 Å². The Morgan fingerprint density at radius 3 is 2.38 bits per heavy atom. The molecule has 2 aliphatic rings. The Morgan fingerprint density at radius 1 is 0.958 bits per heavy atom. The lowest BCUT2D eigenvalue weighted by Crippen LogP contribution is -2.51. The molecule has 6 nitrogen and oxygen atoms in total. The second kappa shape index (κ2) is 7.55. The topological polar surface area (TPSA) is 64.1 Å². The van der Waals surface area contributed by atoms with Gasteiger partial charge in [0.2, 0.25) is 11.8 Å². The first-order valence-electron chi connectivity index (χ1n) is 8.73. The van der Waals surface area contributed by atoms with Crippen molar-refractivity contribution in [2.24, 2.45) is 0 Å². The third-order valence-corrected chi connectivity index (χ3v) is 4.84. The number of carbonyl (C=O) groups is 2. The smallest absolute Gasteiger partial charge is 0.242 e. The molecule has 0 atom stereocenters. The number of aromatic hydroxyl groups is 1. The summed E-state index contributed by atoms with van der Waals surface area (Å²) >= 11 is 0. The van der Waals surface area contributed by atoms with Gasteiger partial charge in [0.15, 0.2) is 0 Å². The Labute approximate surface area is 142 Å². The number of likely N-dealkylation sites (tertiary alicyclic amines) is 1. The fourth-order valence-electron chi connectivity index (χ4n) is 3.35. The largest absolute Gasteiger partial charge is 0.508 e. The van der Waals surface area contributed by atoms with Crippen molar-refractivity contribution < 1.29 is 14.7 Å². The van der Waals surface area contributed by atoms with E-state index in [4.69, 9.17) is 0 Å². The first kappa shape index (κ1) is 16.6. The van der Waals surface area contributed by atoms with Crippen LogP contribution in [0, 0.1) is 0 Å². The van der Waals surface area contributed by atoms with Crippen LogP contribution in [0.3, 0.4) is 0 Å². The first-order valence-corrected chi connectivity index (χ1v) is 8.73. The third-order valence-electron chi connectivity index (χ3n) is 4.84. The number of hydrogen-bond acceptors (Lipinski definition) is 4. The number of benzene rings is 1. The van der Waals surface area contributed by atoms with Crippen molar-refractivity contribution in [3.05, 3.63) is 24.3 Å². The quantitative estimate of drug-likeness (QED) is 0.910. The molecule has 0 spiro atoms. The fourth-order valence-corrected chi connectivity index (χ4v) is 3.35. The highest BCUT2D eigenvalue weighted by Crippen LogP contribution is 2.20. The maximum absolute atomic E-state index is 12.5. The van der Waals surface area contributed by atoms with Crippen LogP contribution in [-0.4, -0.2) is 66.0 Å². The number of rotatable bonds is 3. The molecule has 0 aliphatic carbocycles. The molecule has 2 aliphatic heterocycles. The van der Waals surface area contributed by atoms with Crippen molar-refractivity contribution in [2.75, 3.05) is 44.2 Å². The van der Waals surface area contributed by atoms with Crippen LogP contribution < -0.4 is 4.90 Å². The van der Waals surface area contributed by atoms with Gasteiger partial charge >= 0.3 is 0 Å². The monoisotopic (exact) mass is 331 g/mol. The SMILES string of the molecule is O=C(CN1CCCCCC1=O)N1CCN(c2ccc(O)cc2)CC1. The van der Waals surface area contributed by atoms with Gasteiger partial charge in [-0.05, 0) is 37.1 Å². The summed E-state index contributed by atoms with van der Waals surface area (Å²) in [7, 11) is 0. The molecule has 0 saturated carbocycles. The zero-order valence-corrected chi connectivity index (χ0v) is 14.0. The number of carbonyl (C=O) groups excluding carboxylic acids is 2. The Bertz CT molecular complexity index is 580. The molecule has 0 aromatic heterocycles. The van der Waals surface area contributed by atoms with E-state index in [-0.39, 0.29) is 24.1 Å². The van der Waals surface area contributed by atoms with Gasteiger partial charge in [-0.25, -0.2) is 0 Å². The van der Waals surface area contributed by atoms with E-state index in [9.17, 15) is 14.7 Å². The molecular weight excluding hydrogens is 306 g/mol. The summed E-state index contributed by atoms with van der Waals surface area (Å²) in [6, 6.07) is 7.14. The maximum Gasteiger partial charge on any atom is 0.242 e. The van der Waals surface area contributed by atoms with Crippen molar-refractivity contribution in [1.82, 2.24) is 9.80 Å². The van der Waals surface area contributed by atoms with Crippen LogP contribution in [0.4, 0.5) is 5.69 Å².